The van der Waals surface area contributed by atoms with E-state index in [1.165, 1.54) is 0 Å². The lowest BCUT2D eigenvalue weighted by Gasteiger charge is -2.34. The summed E-state index contributed by atoms with van der Waals surface area (Å²) in [5.74, 6) is 0.227. The van der Waals surface area contributed by atoms with Crippen molar-refractivity contribution in [2.75, 3.05) is 29.9 Å². The molecule has 0 spiro atoms. The Kier molecular flexibility index (Phi) is 4.62. The van der Waals surface area contributed by atoms with E-state index in [2.05, 4.69) is 15.3 Å². The maximum Gasteiger partial charge on any atom is 0.273 e. The lowest BCUT2D eigenvalue weighted by atomic mass is 9.97. The number of amides is 1. The molecule has 0 bridgehead atoms. The van der Waals surface area contributed by atoms with Crippen molar-refractivity contribution in [3.05, 3.63) is 42.2 Å². The van der Waals surface area contributed by atoms with Gasteiger partial charge in [-0.25, -0.2) is 0 Å². The summed E-state index contributed by atoms with van der Waals surface area (Å²) in [6.45, 7) is 2.04. The highest BCUT2D eigenvalue weighted by Gasteiger charge is 2.21. The van der Waals surface area contributed by atoms with Crippen LogP contribution in [-0.2, 0) is 7.05 Å². The normalized spacial score (nSPS) is 15.7. The average molecular weight is 314 g/mol. The topological polar surface area (TPSA) is 70.4 Å². The van der Waals surface area contributed by atoms with Crippen LogP contribution in [0.4, 0.5) is 11.4 Å². The zero-order valence-corrected chi connectivity index (χ0v) is 13.3. The number of benzene rings is 1. The molecule has 1 amide bonds. The summed E-state index contributed by atoms with van der Waals surface area (Å²) in [6.07, 6.45) is 3.56. The predicted molar refractivity (Wildman–Crippen MR) is 89.6 cm³/mol. The van der Waals surface area contributed by atoms with Gasteiger partial charge in [-0.2, -0.15) is 5.10 Å². The van der Waals surface area contributed by atoms with Gasteiger partial charge in [0.25, 0.3) is 5.91 Å². The molecule has 3 rings (SSSR count). The summed E-state index contributed by atoms with van der Waals surface area (Å²) in [4.78, 5) is 14.7. The van der Waals surface area contributed by atoms with Crippen LogP contribution < -0.4 is 10.2 Å². The number of nitrogens with zero attached hydrogens (tertiary/aromatic N) is 3. The molecule has 0 unspecified atom stereocenters. The highest BCUT2D eigenvalue weighted by atomic mass is 16.3. The summed E-state index contributed by atoms with van der Waals surface area (Å²) in [5.41, 5.74) is 2.36. The Balaban J connectivity index is 1.76. The van der Waals surface area contributed by atoms with E-state index in [0.29, 0.717) is 11.6 Å². The van der Waals surface area contributed by atoms with Crippen LogP contribution in [-0.4, -0.2) is 40.5 Å². The largest absolute Gasteiger partial charge is 0.396 e. The molecular formula is C17H22N4O2. The van der Waals surface area contributed by atoms with E-state index in [4.69, 9.17) is 0 Å². The molecule has 2 aromatic rings. The van der Waals surface area contributed by atoms with Crippen LogP contribution in [0, 0.1) is 5.92 Å². The van der Waals surface area contributed by atoms with Gasteiger partial charge < -0.3 is 15.3 Å². The Morgan fingerprint density at radius 2 is 2.04 bits per heavy atom. The van der Waals surface area contributed by atoms with E-state index < -0.39 is 0 Å². The lowest BCUT2D eigenvalue weighted by Crippen LogP contribution is -2.35. The number of para-hydroxylation sites is 2. The smallest absolute Gasteiger partial charge is 0.273 e. The van der Waals surface area contributed by atoms with Crippen molar-refractivity contribution in [3.63, 3.8) is 0 Å². The first-order chi connectivity index (χ1) is 11.2. The van der Waals surface area contributed by atoms with Crippen molar-refractivity contribution < 1.29 is 9.90 Å². The number of hydrogen-bond acceptors (Lipinski definition) is 4. The van der Waals surface area contributed by atoms with Crippen LogP contribution in [0.1, 0.15) is 23.3 Å². The van der Waals surface area contributed by atoms with Gasteiger partial charge in [-0.3, -0.25) is 9.48 Å². The summed E-state index contributed by atoms with van der Waals surface area (Å²) in [7, 11) is 1.75. The Labute approximate surface area is 135 Å². The highest BCUT2D eigenvalue weighted by Crippen LogP contribution is 2.30. The Morgan fingerprint density at radius 3 is 2.70 bits per heavy atom. The van der Waals surface area contributed by atoms with E-state index in [1.54, 1.807) is 24.0 Å². The molecule has 0 atom stereocenters. The summed E-state index contributed by atoms with van der Waals surface area (Å²) in [5, 5.41) is 16.3. The van der Waals surface area contributed by atoms with Crippen LogP contribution >= 0.6 is 0 Å². The van der Waals surface area contributed by atoms with Gasteiger partial charge in [-0.05, 0) is 37.0 Å². The Bertz CT molecular complexity index is 675. The van der Waals surface area contributed by atoms with E-state index in [0.717, 1.165) is 37.3 Å². The maximum absolute atomic E-state index is 12.4. The molecule has 2 N–H and O–H groups in total. The number of aryl methyl sites for hydroxylation is 1. The Hall–Kier alpha value is -2.34. The van der Waals surface area contributed by atoms with Gasteiger partial charge >= 0.3 is 0 Å². The second-order valence-corrected chi connectivity index (χ2v) is 5.92. The maximum atomic E-state index is 12.4. The number of carbonyl (C=O) groups is 1. The molecule has 6 heteroatoms. The molecule has 0 saturated carbocycles. The molecule has 1 aliphatic heterocycles. The third-order valence-corrected chi connectivity index (χ3v) is 4.42. The van der Waals surface area contributed by atoms with Crippen LogP contribution in [0.5, 0.6) is 0 Å². The molecule has 1 aromatic carbocycles. The zero-order chi connectivity index (χ0) is 16.2. The number of aliphatic hydroxyl groups excluding tert-OH is 1. The molecule has 122 valence electrons. The number of piperidine rings is 1. The first kappa shape index (κ1) is 15.6. The van der Waals surface area contributed by atoms with Crippen LogP contribution in [0.15, 0.2) is 36.5 Å². The minimum Gasteiger partial charge on any atom is -0.396 e. The fourth-order valence-corrected chi connectivity index (χ4v) is 2.99. The second kappa shape index (κ2) is 6.83. The summed E-state index contributed by atoms with van der Waals surface area (Å²) >= 11 is 0. The molecule has 1 saturated heterocycles. The molecule has 0 aliphatic carbocycles. The van der Waals surface area contributed by atoms with Crippen LogP contribution in [0.2, 0.25) is 0 Å². The minimum atomic E-state index is -0.164. The first-order valence-corrected chi connectivity index (χ1v) is 7.93. The molecule has 1 fully saturated rings. The van der Waals surface area contributed by atoms with Crippen molar-refractivity contribution >= 4 is 17.3 Å². The van der Waals surface area contributed by atoms with Gasteiger partial charge in [0.15, 0.2) is 0 Å². The number of nitrogens with one attached hydrogen (secondary N) is 1. The third kappa shape index (κ3) is 3.37. The van der Waals surface area contributed by atoms with E-state index in [-0.39, 0.29) is 12.5 Å². The average Bonchev–Trinajstić information content (AvgIpc) is 3.02. The van der Waals surface area contributed by atoms with Crippen LogP contribution in [0.25, 0.3) is 0 Å². The zero-order valence-electron chi connectivity index (χ0n) is 13.3. The standard InChI is InChI=1S/C17H22N4O2/c1-20-16(6-9-18-20)17(23)19-14-4-2-3-5-15(14)21-10-7-13(12-22)8-11-21/h2-6,9,13,22H,7-8,10-12H2,1H3,(H,19,23). The van der Waals surface area contributed by atoms with E-state index in [1.807, 2.05) is 24.3 Å². The van der Waals surface area contributed by atoms with Crippen molar-refractivity contribution in [1.82, 2.24) is 9.78 Å². The third-order valence-electron chi connectivity index (χ3n) is 4.42. The predicted octanol–water partition coefficient (Wildman–Crippen LogP) is 1.88. The van der Waals surface area contributed by atoms with E-state index >= 15 is 0 Å². The number of rotatable bonds is 4. The highest BCUT2D eigenvalue weighted by molar-refractivity contribution is 6.04. The molecule has 1 aromatic heterocycles. The molecule has 0 radical (unpaired) electrons. The number of hydrogen-bond donors (Lipinski definition) is 2. The van der Waals surface area contributed by atoms with E-state index in [9.17, 15) is 9.90 Å². The van der Waals surface area contributed by atoms with Crippen molar-refractivity contribution in [2.45, 2.75) is 12.8 Å². The molecule has 23 heavy (non-hydrogen) atoms. The van der Waals surface area contributed by atoms with Crippen molar-refractivity contribution in [3.8, 4) is 0 Å². The molecular weight excluding hydrogens is 292 g/mol. The summed E-state index contributed by atoms with van der Waals surface area (Å²) in [6, 6.07) is 9.54. The van der Waals surface area contributed by atoms with Gasteiger partial charge in [0, 0.05) is 32.9 Å². The first-order valence-electron chi connectivity index (χ1n) is 7.93. The van der Waals surface area contributed by atoms with Gasteiger partial charge in [0.05, 0.1) is 11.4 Å². The van der Waals surface area contributed by atoms with Crippen molar-refractivity contribution in [1.29, 1.82) is 0 Å². The van der Waals surface area contributed by atoms with Crippen LogP contribution in [0.3, 0.4) is 0 Å². The monoisotopic (exact) mass is 314 g/mol. The SMILES string of the molecule is Cn1nccc1C(=O)Nc1ccccc1N1CCC(CO)CC1. The Morgan fingerprint density at radius 1 is 1.30 bits per heavy atom. The van der Waals surface area contributed by atoms with Gasteiger partial charge in [-0.15, -0.1) is 0 Å². The van der Waals surface area contributed by atoms with Gasteiger partial charge in [0.2, 0.25) is 0 Å². The minimum absolute atomic E-state index is 0.164. The fraction of sp³-hybridized carbons (Fsp3) is 0.412. The summed E-state index contributed by atoms with van der Waals surface area (Å²) < 4.78 is 1.56. The van der Waals surface area contributed by atoms with Crippen molar-refractivity contribution in [2.24, 2.45) is 13.0 Å². The number of aliphatic hydroxyl groups is 1. The van der Waals surface area contributed by atoms with Gasteiger partial charge in [-0.1, -0.05) is 12.1 Å². The molecule has 6 nitrogen and oxygen atoms in total. The lowest BCUT2D eigenvalue weighted by molar-refractivity contribution is 0.101. The molecule has 2 heterocycles. The van der Waals surface area contributed by atoms with Gasteiger partial charge in [0.1, 0.15) is 5.69 Å². The second-order valence-electron chi connectivity index (χ2n) is 5.92. The quantitative estimate of drug-likeness (QED) is 0.904. The number of carbonyl (C=O) groups excluding carboxylic acids is 1. The number of aromatic nitrogens is 2. The molecule has 1 aliphatic rings. The fourth-order valence-electron chi connectivity index (χ4n) is 2.99. The number of anilines is 2.